The van der Waals surface area contributed by atoms with Crippen LogP contribution in [0.1, 0.15) is 0 Å². The van der Waals surface area contributed by atoms with Crippen molar-refractivity contribution in [3.05, 3.63) is 33.4 Å². The highest BCUT2D eigenvalue weighted by Crippen LogP contribution is 2.04. The molecule has 0 spiro atoms. The van der Waals surface area contributed by atoms with Crippen LogP contribution < -0.4 is 10.7 Å². The number of benzene rings is 1. The predicted octanol–water partition coefficient (Wildman–Crippen LogP) is -0.230. The van der Waals surface area contributed by atoms with Gasteiger partial charge >= 0.3 is 5.97 Å². The number of carbonyl (C=O) groups excluding carboxylic acids is 2. The van der Waals surface area contributed by atoms with E-state index in [1.807, 2.05) is 0 Å². The molecule has 1 unspecified atom stereocenters. The predicted molar refractivity (Wildman–Crippen MR) is 57.3 cm³/mol. The molecule has 1 amide bonds. The first-order valence-electron chi connectivity index (χ1n) is 4.45. The maximum Gasteiger partial charge on any atom is 0.340 e. The summed E-state index contributed by atoms with van der Waals surface area (Å²) in [6.07, 6.45) is 0. The molecule has 6 heteroatoms. The van der Waals surface area contributed by atoms with Crippen molar-refractivity contribution in [3.63, 3.8) is 0 Å². The fourth-order valence-electron chi connectivity index (χ4n) is 1.33. The Kier molecular flexibility index (Phi) is 2.82. The minimum absolute atomic E-state index is 0.466. The van der Waals surface area contributed by atoms with E-state index in [2.05, 4.69) is 30.7 Å². The van der Waals surface area contributed by atoms with Gasteiger partial charge in [-0.05, 0) is 18.2 Å². The van der Waals surface area contributed by atoms with Crippen LogP contribution in [-0.2, 0) is 14.3 Å². The van der Waals surface area contributed by atoms with Crippen molar-refractivity contribution in [2.45, 2.75) is 6.04 Å². The molecule has 5 nitrogen and oxygen atoms in total. The largest absolute Gasteiger partial charge is 0.467 e. The normalized spacial score (nSPS) is 18.1. The van der Waals surface area contributed by atoms with Gasteiger partial charge in [-0.15, -0.1) is 0 Å². The summed E-state index contributed by atoms with van der Waals surface area (Å²) in [6.45, 7) is 0. The van der Waals surface area contributed by atoms with E-state index in [0.717, 1.165) is 4.47 Å². The lowest BCUT2D eigenvalue weighted by molar-refractivity contribution is -0.145. The molecule has 0 fully saturated rings. The number of fused-ring (bicyclic) bond motifs is 1. The lowest BCUT2D eigenvalue weighted by atomic mass is 10.2. The standard InChI is InChI=1S/C10H7BrN2O3/c1-16-10(15)8-9(14)13-6-3-2-5(11)4-7(6)12-8/h2-4,8H,1H3. The van der Waals surface area contributed by atoms with E-state index < -0.39 is 17.9 Å². The number of carbonyl (C=O) groups is 2. The molecule has 82 valence electrons. The third kappa shape index (κ3) is 1.88. The van der Waals surface area contributed by atoms with Crippen molar-refractivity contribution >= 4 is 27.8 Å². The summed E-state index contributed by atoms with van der Waals surface area (Å²) in [5, 5.41) is 0.970. The molecule has 0 radical (unpaired) electrons. The molecule has 1 aromatic rings. The number of hydrogen-bond donors (Lipinski definition) is 0. The SMILES string of the molecule is COC(=O)C1N=c2cc(Br)ccc2=NC1=O. The maximum absolute atomic E-state index is 11.5. The van der Waals surface area contributed by atoms with Gasteiger partial charge in [0.2, 0.25) is 6.04 Å². The van der Waals surface area contributed by atoms with Gasteiger partial charge in [-0.1, -0.05) is 15.9 Å². The Balaban J connectivity index is 2.59. The molecule has 0 aliphatic carbocycles. The molecule has 1 heterocycles. The number of nitrogens with zero attached hydrogens (tertiary/aromatic N) is 2. The zero-order valence-corrected chi connectivity index (χ0v) is 9.89. The van der Waals surface area contributed by atoms with Crippen LogP contribution in [0.25, 0.3) is 0 Å². The Morgan fingerprint density at radius 3 is 2.88 bits per heavy atom. The molecular weight excluding hydrogens is 276 g/mol. The fourth-order valence-corrected chi connectivity index (χ4v) is 1.68. The lowest BCUT2D eigenvalue weighted by Gasteiger charge is -2.09. The number of rotatable bonds is 1. The molecule has 1 aliphatic heterocycles. The molecule has 0 aromatic heterocycles. The van der Waals surface area contributed by atoms with Gasteiger partial charge in [0.15, 0.2) is 0 Å². The van der Waals surface area contributed by atoms with Gasteiger partial charge in [0.1, 0.15) is 0 Å². The van der Waals surface area contributed by atoms with E-state index in [1.165, 1.54) is 7.11 Å². The van der Waals surface area contributed by atoms with E-state index in [1.54, 1.807) is 18.2 Å². The summed E-state index contributed by atoms with van der Waals surface area (Å²) >= 11 is 3.28. The van der Waals surface area contributed by atoms with Gasteiger partial charge in [-0.3, -0.25) is 9.79 Å². The van der Waals surface area contributed by atoms with Crippen LogP contribution in [0.5, 0.6) is 0 Å². The van der Waals surface area contributed by atoms with Crippen LogP contribution in [-0.4, -0.2) is 25.0 Å². The van der Waals surface area contributed by atoms with Crippen molar-refractivity contribution in [3.8, 4) is 0 Å². The smallest absolute Gasteiger partial charge is 0.340 e. The second kappa shape index (κ2) is 4.13. The fraction of sp³-hybridized carbons (Fsp3) is 0.200. The number of halogens is 1. The van der Waals surface area contributed by atoms with Gasteiger partial charge in [0, 0.05) is 4.47 Å². The van der Waals surface area contributed by atoms with Crippen molar-refractivity contribution < 1.29 is 14.3 Å². The molecule has 16 heavy (non-hydrogen) atoms. The molecule has 0 saturated heterocycles. The van der Waals surface area contributed by atoms with Crippen LogP contribution in [0.3, 0.4) is 0 Å². The monoisotopic (exact) mass is 282 g/mol. The Morgan fingerprint density at radius 1 is 1.44 bits per heavy atom. The van der Waals surface area contributed by atoms with E-state index in [9.17, 15) is 9.59 Å². The van der Waals surface area contributed by atoms with Gasteiger partial charge in [-0.25, -0.2) is 9.79 Å². The second-order valence-corrected chi connectivity index (χ2v) is 4.05. The molecule has 0 saturated carbocycles. The highest BCUT2D eigenvalue weighted by atomic mass is 79.9. The number of ether oxygens (including phenoxy) is 1. The highest BCUT2D eigenvalue weighted by molar-refractivity contribution is 9.10. The van der Waals surface area contributed by atoms with Gasteiger partial charge in [-0.2, -0.15) is 0 Å². The zero-order valence-electron chi connectivity index (χ0n) is 8.31. The number of amides is 1. The summed E-state index contributed by atoms with van der Waals surface area (Å²) in [7, 11) is 1.21. The minimum Gasteiger partial charge on any atom is -0.467 e. The van der Waals surface area contributed by atoms with Crippen LogP contribution in [0.4, 0.5) is 0 Å². The van der Waals surface area contributed by atoms with Gasteiger partial charge < -0.3 is 4.74 Å². The van der Waals surface area contributed by atoms with Crippen molar-refractivity contribution in [2.24, 2.45) is 9.98 Å². The summed E-state index contributed by atoms with van der Waals surface area (Å²) < 4.78 is 5.29. The quantitative estimate of drug-likeness (QED) is 0.528. The average molecular weight is 283 g/mol. The third-order valence-electron chi connectivity index (χ3n) is 2.09. The first-order valence-corrected chi connectivity index (χ1v) is 5.25. The molecule has 1 aliphatic rings. The number of methoxy groups -OCH3 is 1. The topological polar surface area (TPSA) is 68.1 Å². The lowest BCUT2D eigenvalue weighted by Crippen LogP contribution is -2.40. The van der Waals surface area contributed by atoms with E-state index >= 15 is 0 Å². The van der Waals surface area contributed by atoms with Crippen molar-refractivity contribution in [1.82, 2.24) is 0 Å². The van der Waals surface area contributed by atoms with E-state index in [0.29, 0.717) is 10.7 Å². The molecule has 1 atom stereocenters. The molecule has 1 aromatic carbocycles. The van der Waals surface area contributed by atoms with Crippen LogP contribution >= 0.6 is 15.9 Å². The minimum atomic E-state index is -1.17. The Labute approximate surface area is 99.0 Å². The number of esters is 1. The summed E-state index contributed by atoms with van der Waals surface area (Å²) in [5.74, 6) is -1.29. The van der Waals surface area contributed by atoms with Crippen molar-refractivity contribution in [1.29, 1.82) is 0 Å². The third-order valence-corrected chi connectivity index (χ3v) is 2.59. The first-order chi connectivity index (χ1) is 7.61. The van der Waals surface area contributed by atoms with Gasteiger partial charge in [0.25, 0.3) is 5.91 Å². The Bertz CT molecular complexity index is 582. The van der Waals surface area contributed by atoms with Crippen molar-refractivity contribution in [2.75, 3.05) is 7.11 Å². The average Bonchev–Trinajstić information content (AvgIpc) is 2.28. The van der Waals surface area contributed by atoms with E-state index in [-0.39, 0.29) is 0 Å². The summed E-state index contributed by atoms with van der Waals surface area (Å²) in [4.78, 5) is 30.5. The second-order valence-electron chi connectivity index (χ2n) is 3.14. The van der Waals surface area contributed by atoms with Crippen LogP contribution in [0.2, 0.25) is 0 Å². The highest BCUT2D eigenvalue weighted by Gasteiger charge is 2.28. The van der Waals surface area contributed by atoms with Gasteiger partial charge in [0.05, 0.1) is 17.8 Å². The molecular formula is C10H7BrN2O3. The Morgan fingerprint density at radius 2 is 2.19 bits per heavy atom. The number of hydrogen-bond acceptors (Lipinski definition) is 4. The summed E-state index contributed by atoms with van der Waals surface area (Å²) in [6, 6.07) is 3.94. The molecule has 0 N–H and O–H groups in total. The zero-order chi connectivity index (χ0) is 11.7. The first kappa shape index (κ1) is 10.9. The van der Waals surface area contributed by atoms with Crippen LogP contribution in [0.15, 0.2) is 32.7 Å². The summed E-state index contributed by atoms with van der Waals surface area (Å²) in [5.41, 5.74) is 0. The molecule has 0 bridgehead atoms. The van der Waals surface area contributed by atoms with E-state index in [4.69, 9.17) is 0 Å². The van der Waals surface area contributed by atoms with Crippen LogP contribution in [0, 0.1) is 0 Å². The Hall–Kier alpha value is -1.56. The molecule has 2 rings (SSSR count). The maximum atomic E-state index is 11.5.